The molecule has 2 fully saturated rings. The van der Waals surface area contributed by atoms with E-state index in [0.29, 0.717) is 30.1 Å². The fourth-order valence-electron chi connectivity index (χ4n) is 3.06. The maximum Gasteiger partial charge on any atom is 0.291 e. The van der Waals surface area contributed by atoms with Crippen molar-refractivity contribution in [2.75, 3.05) is 18.1 Å². The van der Waals surface area contributed by atoms with Gasteiger partial charge in [0.25, 0.3) is 5.24 Å². The number of rotatable bonds is 5. The molecule has 0 spiro atoms. The number of thiazole rings is 1. The predicted octanol–water partition coefficient (Wildman–Crippen LogP) is 3.51. The molecule has 1 N–H and O–H groups in total. The Balaban J connectivity index is 1.37. The minimum absolute atomic E-state index is 0.251. The third-order valence-corrected chi connectivity index (χ3v) is 5.82. The monoisotopic (exact) mass is 387 g/mol. The average Bonchev–Trinajstić information content (AvgIpc) is 3.36. The molecule has 1 aromatic heterocycles. The standard InChI is InChI=1S/C18H17N3O3S2/c22-16-15(20-18(23)26-16)10-12-3-5-14(6-4-12)24-11-13-2-1-8-21(13)17-19-7-9-25-17/h3-7,9-10,13H,1-2,8,11H2,(H,20,23)/t13-/m0/s1. The third kappa shape index (κ3) is 3.76. The molecule has 1 amide bonds. The van der Waals surface area contributed by atoms with E-state index in [1.54, 1.807) is 17.4 Å². The Morgan fingerprint density at radius 1 is 1.31 bits per heavy atom. The topological polar surface area (TPSA) is 71.5 Å². The number of nitrogens with one attached hydrogen (secondary N) is 1. The number of carbonyl (C=O) groups is 2. The first kappa shape index (κ1) is 17.1. The van der Waals surface area contributed by atoms with Gasteiger partial charge >= 0.3 is 0 Å². The first-order chi connectivity index (χ1) is 12.7. The predicted molar refractivity (Wildman–Crippen MR) is 104 cm³/mol. The fraction of sp³-hybridized carbons (Fsp3) is 0.278. The highest BCUT2D eigenvalue weighted by molar-refractivity contribution is 8.27. The Hall–Kier alpha value is -2.32. The van der Waals surface area contributed by atoms with Gasteiger partial charge in [0.05, 0.1) is 11.7 Å². The van der Waals surface area contributed by atoms with E-state index in [9.17, 15) is 9.59 Å². The van der Waals surface area contributed by atoms with E-state index in [-0.39, 0.29) is 10.4 Å². The van der Waals surface area contributed by atoms with E-state index >= 15 is 0 Å². The minimum Gasteiger partial charge on any atom is -0.491 e. The van der Waals surface area contributed by atoms with Crippen LogP contribution in [0.3, 0.4) is 0 Å². The highest BCUT2D eigenvalue weighted by atomic mass is 32.2. The average molecular weight is 387 g/mol. The van der Waals surface area contributed by atoms with Crippen molar-refractivity contribution >= 4 is 44.7 Å². The quantitative estimate of drug-likeness (QED) is 0.792. The van der Waals surface area contributed by atoms with Crippen LogP contribution in [-0.2, 0) is 4.79 Å². The van der Waals surface area contributed by atoms with Crippen molar-refractivity contribution in [1.82, 2.24) is 10.3 Å². The van der Waals surface area contributed by atoms with E-state index in [1.165, 1.54) is 0 Å². The molecule has 2 aliphatic heterocycles. The van der Waals surface area contributed by atoms with Crippen molar-refractivity contribution in [2.24, 2.45) is 0 Å². The van der Waals surface area contributed by atoms with Gasteiger partial charge in [-0.25, -0.2) is 4.98 Å². The van der Waals surface area contributed by atoms with Crippen molar-refractivity contribution < 1.29 is 14.3 Å². The first-order valence-electron chi connectivity index (χ1n) is 8.33. The minimum atomic E-state index is -0.331. The van der Waals surface area contributed by atoms with Gasteiger partial charge in [0.2, 0.25) is 5.12 Å². The molecule has 3 heterocycles. The molecule has 2 saturated heterocycles. The second kappa shape index (κ2) is 7.51. The summed E-state index contributed by atoms with van der Waals surface area (Å²) < 4.78 is 5.96. The number of benzene rings is 1. The Labute approximate surface area is 159 Å². The largest absolute Gasteiger partial charge is 0.491 e. The summed E-state index contributed by atoms with van der Waals surface area (Å²) >= 11 is 2.34. The number of carbonyl (C=O) groups excluding carboxylic acids is 2. The normalized spacial score (nSPS) is 21.5. The molecule has 1 aromatic carbocycles. The van der Waals surface area contributed by atoms with Crippen LogP contribution in [0.2, 0.25) is 0 Å². The number of hydrogen-bond donors (Lipinski definition) is 1. The molecule has 6 nitrogen and oxygen atoms in total. The molecule has 2 aliphatic rings. The lowest BCUT2D eigenvalue weighted by molar-refractivity contribution is -0.107. The Morgan fingerprint density at radius 2 is 2.15 bits per heavy atom. The summed E-state index contributed by atoms with van der Waals surface area (Å²) in [5.41, 5.74) is 1.16. The summed E-state index contributed by atoms with van der Waals surface area (Å²) in [7, 11) is 0. The van der Waals surface area contributed by atoms with Gasteiger partial charge in [0.15, 0.2) is 5.13 Å². The summed E-state index contributed by atoms with van der Waals surface area (Å²) in [4.78, 5) is 29.5. The Bertz CT molecular complexity index is 834. The second-order valence-corrected chi connectivity index (χ2v) is 7.86. The summed E-state index contributed by atoms with van der Waals surface area (Å²) in [5, 5.41) is 5.01. The molecule has 8 heteroatoms. The van der Waals surface area contributed by atoms with Crippen LogP contribution in [0.5, 0.6) is 5.75 Å². The first-order valence-corrected chi connectivity index (χ1v) is 10.0. The molecule has 4 rings (SSSR count). The molecule has 0 saturated carbocycles. The maximum atomic E-state index is 11.6. The summed E-state index contributed by atoms with van der Waals surface area (Å²) in [6.07, 6.45) is 5.76. The molecular weight excluding hydrogens is 370 g/mol. The van der Waals surface area contributed by atoms with E-state index < -0.39 is 0 Å². The van der Waals surface area contributed by atoms with Crippen LogP contribution in [0.15, 0.2) is 41.5 Å². The van der Waals surface area contributed by atoms with E-state index in [0.717, 1.165) is 35.8 Å². The van der Waals surface area contributed by atoms with Gasteiger partial charge in [0, 0.05) is 29.9 Å². The molecule has 26 heavy (non-hydrogen) atoms. The number of anilines is 1. The van der Waals surface area contributed by atoms with Crippen LogP contribution in [-0.4, -0.2) is 34.5 Å². The van der Waals surface area contributed by atoms with Crippen molar-refractivity contribution in [1.29, 1.82) is 0 Å². The Kier molecular flexibility index (Phi) is 4.94. The van der Waals surface area contributed by atoms with Crippen LogP contribution in [0.4, 0.5) is 9.93 Å². The van der Waals surface area contributed by atoms with Crippen LogP contribution < -0.4 is 15.0 Å². The lowest BCUT2D eigenvalue weighted by Crippen LogP contribution is -2.34. The zero-order valence-electron chi connectivity index (χ0n) is 13.9. The molecule has 1 atom stereocenters. The lowest BCUT2D eigenvalue weighted by Gasteiger charge is -2.24. The van der Waals surface area contributed by atoms with Crippen molar-refractivity contribution in [3.8, 4) is 5.75 Å². The van der Waals surface area contributed by atoms with Crippen LogP contribution in [0.1, 0.15) is 18.4 Å². The van der Waals surface area contributed by atoms with Crippen molar-refractivity contribution in [2.45, 2.75) is 18.9 Å². The van der Waals surface area contributed by atoms with Crippen LogP contribution in [0, 0.1) is 0 Å². The number of thioether (sulfide) groups is 1. The second-order valence-electron chi connectivity index (χ2n) is 6.04. The van der Waals surface area contributed by atoms with Gasteiger partial charge in [0.1, 0.15) is 12.4 Å². The van der Waals surface area contributed by atoms with E-state index in [4.69, 9.17) is 4.74 Å². The van der Waals surface area contributed by atoms with Gasteiger partial charge in [-0.05, 0) is 36.6 Å². The number of ether oxygens (including phenoxy) is 1. The van der Waals surface area contributed by atoms with Gasteiger partial charge < -0.3 is 15.0 Å². The third-order valence-electron chi connectivity index (χ3n) is 4.32. The van der Waals surface area contributed by atoms with Gasteiger partial charge in [-0.1, -0.05) is 12.1 Å². The highest BCUT2D eigenvalue weighted by Crippen LogP contribution is 2.28. The van der Waals surface area contributed by atoms with Gasteiger partial charge in [-0.15, -0.1) is 11.3 Å². The molecule has 0 aliphatic carbocycles. The van der Waals surface area contributed by atoms with Crippen molar-refractivity contribution in [3.63, 3.8) is 0 Å². The summed E-state index contributed by atoms with van der Waals surface area (Å²) in [6.45, 7) is 1.64. The number of aromatic nitrogens is 1. The smallest absolute Gasteiger partial charge is 0.291 e. The van der Waals surface area contributed by atoms with Crippen molar-refractivity contribution in [3.05, 3.63) is 47.1 Å². The Morgan fingerprint density at radius 3 is 2.85 bits per heavy atom. The lowest BCUT2D eigenvalue weighted by atomic mass is 10.2. The van der Waals surface area contributed by atoms with E-state index in [2.05, 4.69) is 15.2 Å². The highest BCUT2D eigenvalue weighted by Gasteiger charge is 2.27. The van der Waals surface area contributed by atoms with Gasteiger partial charge in [-0.2, -0.15) is 0 Å². The van der Waals surface area contributed by atoms with Gasteiger partial charge in [-0.3, -0.25) is 9.59 Å². The maximum absolute atomic E-state index is 11.6. The summed E-state index contributed by atoms with van der Waals surface area (Å²) in [5.74, 6) is 0.786. The SMILES string of the molecule is O=C1NC(=Cc2ccc(OC[C@@H]3CCCN3c3nccs3)cc2)C(=O)S1. The number of hydrogen-bond acceptors (Lipinski definition) is 7. The van der Waals surface area contributed by atoms with Crippen LogP contribution >= 0.6 is 23.1 Å². The van der Waals surface area contributed by atoms with Crippen LogP contribution in [0.25, 0.3) is 6.08 Å². The molecular formula is C18H17N3O3S2. The zero-order valence-corrected chi connectivity index (χ0v) is 15.5. The number of amides is 1. The van der Waals surface area contributed by atoms with E-state index in [1.807, 2.05) is 35.8 Å². The summed E-state index contributed by atoms with van der Waals surface area (Å²) in [6, 6.07) is 7.84. The fourth-order valence-corrected chi connectivity index (χ4v) is 4.35. The zero-order chi connectivity index (χ0) is 17.9. The molecule has 0 unspecified atom stereocenters. The molecule has 134 valence electrons. The molecule has 0 radical (unpaired) electrons. The molecule has 0 bridgehead atoms. The molecule has 2 aromatic rings. The number of nitrogens with zero attached hydrogens (tertiary/aromatic N) is 2.